The Hall–Kier alpha value is -2.02. The SMILES string of the molecule is CN(c1ccc(N2CCOCC2)c(F)c1)[C@H]1CNC(=O)O1. The van der Waals surface area contributed by atoms with Crippen LogP contribution in [0.1, 0.15) is 0 Å². The molecule has 0 radical (unpaired) electrons. The van der Waals surface area contributed by atoms with Crippen molar-refractivity contribution < 1.29 is 18.7 Å². The van der Waals surface area contributed by atoms with E-state index in [0.717, 1.165) is 0 Å². The maximum Gasteiger partial charge on any atom is 0.409 e. The Kier molecular flexibility index (Phi) is 3.83. The predicted molar refractivity (Wildman–Crippen MR) is 76.1 cm³/mol. The summed E-state index contributed by atoms with van der Waals surface area (Å²) in [6.07, 6.45) is -0.858. The van der Waals surface area contributed by atoms with Gasteiger partial charge in [0.05, 0.1) is 25.4 Å². The number of morpholine rings is 1. The quantitative estimate of drug-likeness (QED) is 0.907. The van der Waals surface area contributed by atoms with Crippen LogP contribution in [0.4, 0.5) is 20.6 Å². The molecule has 1 aromatic rings. The lowest BCUT2D eigenvalue weighted by molar-refractivity contribution is 0.122. The number of benzene rings is 1. The fourth-order valence-corrected chi connectivity index (χ4v) is 2.54. The fraction of sp³-hybridized carbons (Fsp3) is 0.500. The summed E-state index contributed by atoms with van der Waals surface area (Å²) in [4.78, 5) is 14.8. The highest BCUT2D eigenvalue weighted by Gasteiger charge is 2.27. The highest BCUT2D eigenvalue weighted by atomic mass is 19.1. The van der Waals surface area contributed by atoms with Crippen molar-refractivity contribution in [3.05, 3.63) is 24.0 Å². The van der Waals surface area contributed by atoms with Gasteiger partial charge in [0.15, 0.2) is 6.23 Å². The Morgan fingerprint density at radius 3 is 2.76 bits per heavy atom. The number of anilines is 2. The molecular formula is C14H18FN3O3. The molecule has 6 nitrogen and oxygen atoms in total. The van der Waals surface area contributed by atoms with Crippen LogP contribution in [-0.4, -0.2) is 52.2 Å². The monoisotopic (exact) mass is 295 g/mol. The van der Waals surface area contributed by atoms with Gasteiger partial charge in [-0.25, -0.2) is 9.18 Å². The van der Waals surface area contributed by atoms with Crippen molar-refractivity contribution in [1.82, 2.24) is 5.32 Å². The van der Waals surface area contributed by atoms with Crippen LogP contribution in [0.15, 0.2) is 18.2 Å². The number of alkyl carbamates (subject to hydrolysis) is 1. The maximum absolute atomic E-state index is 14.3. The van der Waals surface area contributed by atoms with E-state index in [9.17, 15) is 9.18 Å². The Bertz CT molecular complexity index is 534. The summed E-state index contributed by atoms with van der Waals surface area (Å²) >= 11 is 0. The molecule has 0 aliphatic carbocycles. The molecule has 3 rings (SSSR count). The molecule has 0 saturated carbocycles. The van der Waals surface area contributed by atoms with Gasteiger partial charge in [-0.3, -0.25) is 0 Å². The molecule has 2 fully saturated rings. The molecule has 0 unspecified atom stereocenters. The van der Waals surface area contributed by atoms with Gasteiger partial charge >= 0.3 is 6.09 Å². The molecule has 1 aromatic carbocycles. The number of amides is 1. The van der Waals surface area contributed by atoms with Gasteiger partial charge in [-0.2, -0.15) is 0 Å². The first-order chi connectivity index (χ1) is 10.1. The van der Waals surface area contributed by atoms with E-state index in [1.165, 1.54) is 6.07 Å². The minimum absolute atomic E-state index is 0.279. The van der Waals surface area contributed by atoms with Crippen LogP contribution in [0.3, 0.4) is 0 Å². The summed E-state index contributed by atoms with van der Waals surface area (Å²) in [6, 6.07) is 5.06. The molecule has 0 aromatic heterocycles. The molecule has 0 spiro atoms. The van der Waals surface area contributed by atoms with Crippen LogP contribution in [0.5, 0.6) is 0 Å². The summed E-state index contributed by atoms with van der Waals surface area (Å²) in [5.74, 6) is -0.279. The topological polar surface area (TPSA) is 54.0 Å². The molecule has 2 aliphatic heterocycles. The summed E-state index contributed by atoms with van der Waals surface area (Å²) in [5, 5.41) is 2.58. The second-order valence-corrected chi connectivity index (χ2v) is 5.09. The lowest BCUT2D eigenvalue weighted by Gasteiger charge is -2.30. The molecule has 1 amide bonds. The number of likely N-dealkylation sites (N-methyl/N-ethyl adjacent to an activating group) is 1. The van der Waals surface area contributed by atoms with E-state index < -0.39 is 12.3 Å². The first-order valence-electron chi connectivity index (χ1n) is 6.95. The summed E-state index contributed by atoms with van der Waals surface area (Å²) in [5.41, 5.74) is 1.25. The molecule has 2 heterocycles. The largest absolute Gasteiger partial charge is 0.423 e. The number of rotatable bonds is 3. The van der Waals surface area contributed by atoms with Gasteiger partial charge in [-0.15, -0.1) is 0 Å². The predicted octanol–water partition coefficient (Wildman–Crippen LogP) is 1.16. The number of carbonyl (C=O) groups excluding carboxylic acids is 1. The standard InChI is InChI=1S/C14H18FN3O3/c1-17(13-9-16-14(19)21-13)10-2-3-12(11(15)8-10)18-4-6-20-7-5-18/h2-3,8,13H,4-7,9H2,1H3,(H,16,19)/t13-/m1/s1. The zero-order valence-electron chi connectivity index (χ0n) is 11.8. The molecule has 2 aliphatic rings. The van der Waals surface area contributed by atoms with Crippen LogP contribution in [0, 0.1) is 5.82 Å². The van der Waals surface area contributed by atoms with E-state index >= 15 is 0 Å². The summed E-state index contributed by atoms with van der Waals surface area (Å²) < 4.78 is 24.7. The van der Waals surface area contributed by atoms with Gasteiger partial charge in [0.1, 0.15) is 5.82 Å². The lowest BCUT2D eigenvalue weighted by Crippen LogP contribution is -2.37. The zero-order chi connectivity index (χ0) is 14.8. The van der Waals surface area contributed by atoms with Gasteiger partial charge in [0.25, 0.3) is 0 Å². The molecule has 1 atom stereocenters. The second-order valence-electron chi connectivity index (χ2n) is 5.09. The molecule has 1 N–H and O–H groups in total. The number of halogens is 1. The van der Waals surface area contributed by atoms with Crippen molar-refractivity contribution in [2.75, 3.05) is 49.7 Å². The molecule has 2 saturated heterocycles. The summed E-state index contributed by atoms with van der Waals surface area (Å²) in [6.45, 7) is 3.00. The minimum Gasteiger partial charge on any atom is -0.423 e. The fourth-order valence-electron chi connectivity index (χ4n) is 2.54. The van der Waals surface area contributed by atoms with Gasteiger partial charge < -0.3 is 24.6 Å². The van der Waals surface area contributed by atoms with Crippen molar-refractivity contribution in [2.45, 2.75) is 6.23 Å². The summed E-state index contributed by atoms with van der Waals surface area (Å²) in [7, 11) is 1.77. The van der Waals surface area contributed by atoms with E-state index in [0.29, 0.717) is 44.2 Å². The van der Waals surface area contributed by atoms with E-state index in [1.54, 1.807) is 18.0 Å². The number of cyclic esters (lactones) is 1. The van der Waals surface area contributed by atoms with Crippen LogP contribution < -0.4 is 15.1 Å². The maximum atomic E-state index is 14.3. The average molecular weight is 295 g/mol. The van der Waals surface area contributed by atoms with Crippen LogP contribution >= 0.6 is 0 Å². The number of carbonyl (C=O) groups is 1. The highest BCUT2D eigenvalue weighted by Crippen LogP contribution is 2.26. The van der Waals surface area contributed by atoms with Gasteiger partial charge in [-0.1, -0.05) is 0 Å². The number of ether oxygens (including phenoxy) is 2. The van der Waals surface area contributed by atoms with E-state index in [-0.39, 0.29) is 5.82 Å². The van der Waals surface area contributed by atoms with Crippen molar-refractivity contribution >= 4 is 17.5 Å². The first-order valence-corrected chi connectivity index (χ1v) is 6.95. The highest BCUT2D eigenvalue weighted by molar-refractivity contribution is 5.70. The first kappa shape index (κ1) is 13.9. The van der Waals surface area contributed by atoms with Gasteiger partial charge in [-0.05, 0) is 18.2 Å². The average Bonchev–Trinajstić information content (AvgIpc) is 2.94. The number of hydrogen-bond acceptors (Lipinski definition) is 5. The van der Waals surface area contributed by atoms with Crippen molar-refractivity contribution in [3.63, 3.8) is 0 Å². The van der Waals surface area contributed by atoms with Crippen molar-refractivity contribution in [2.24, 2.45) is 0 Å². The lowest BCUT2D eigenvalue weighted by atomic mass is 10.2. The van der Waals surface area contributed by atoms with Crippen molar-refractivity contribution in [1.29, 1.82) is 0 Å². The number of hydrogen-bond donors (Lipinski definition) is 1. The van der Waals surface area contributed by atoms with Crippen LogP contribution in [0.2, 0.25) is 0 Å². The molecule has 21 heavy (non-hydrogen) atoms. The third-order valence-corrected chi connectivity index (χ3v) is 3.79. The third-order valence-electron chi connectivity index (χ3n) is 3.79. The Morgan fingerprint density at radius 1 is 1.38 bits per heavy atom. The Morgan fingerprint density at radius 2 is 2.14 bits per heavy atom. The number of nitrogens with one attached hydrogen (secondary N) is 1. The second kappa shape index (κ2) is 5.77. The van der Waals surface area contributed by atoms with Crippen molar-refractivity contribution in [3.8, 4) is 0 Å². The Labute approximate surface area is 122 Å². The minimum atomic E-state index is -0.447. The van der Waals surface area contributed by atoms with E-state index in [1.807, 2.05) is 11.0 Å². The third kappa shape index (κ3) is 2.87. The normalized spacial score (nSPS) is 21.9. The molecule has 114 valence electrons. The van der Waals surface area contributed by atoms with Gasteiger partial charge in [0, 0.05) is 25.8 Å². The number of nitrogens with zero attached hydrogens (tertiary/aromatic N) is 2. The molecule has 0 bridgehead atoms. The molecular weight excluding hydrogens is 277 g/mol. The zero-order valence-corrected chi connectivity index (χ0v) is 11.8. The van der Waals surface area contributed by atoms with E-state index in [2.05, 4.69) is 5.32 Å². The van der Waals surface area contributed by atoms with Crippen LogP contribution in [0.25, 0.3) is 0 Å². The van der Waals surface area contributed by atoms with Crippen LogP contribution in [-0.2, 0) is 9.47 Å². The smallest absolute Gasteiger partial charge is 0.409 e. The Balaban J connectivity index is 1.75. The molecule has 7 heteroatoms. The van der Waals surface area contributed by atoms with E-state index in [4.69, 9.17) is 9.47 Å². The van der Waals surface area contributed by atoms with Gasteiger partial charge in [0.2, 0.25) is 0 Å².